The van der Waals surface area contributed by atoms with Crippen LogP contribution in [0.4, 0.5) is 4.39 Å². The Morgan fingerprint density at radius 3 is 2.47 bits per heavy atom. The van der Waals surface area contributed by atoms with E-state index in [0.717, 1.165) is 5.56 Å². The Morgan fingerprint density at radius 2 is 1.84 bits per heavy atom. The molecule has 0 unspecified atom stereocenters. The standard InChI is InChI=1S/C16H17ClFN/c1-11-3-6-14(7-4-11)12(2)19-10-13-5-8-16(18)15(17)9-13/h3-9,12,19H,10H2,1-2H3/t12-/m0/s1. The Morgan fingerprint density at radius 1 is 1.16 bits per heavy atom. The van der Waals surface area contributed by atoms with Crippen LogP contribution in [-0.4, -0.2) is 0 Å². The summed E-state index contributed by atoms with van der Waals surface area (Å²) >= 11 is 5.76. The molecule has 0 aliphatic heterocycles. The van der Waals surface area contributed by atoms with Crippen molar-refractivity contribution in [1.82, 2.24) is 5.32 Å². The summed E-state index contributed by atoms with van der Waals surface area (Å²) in [5.41, 5.74) is 3.46. The lowest BCUT2D eigenvalue weighted by Crippen LogP contribution is -2.18. The Kier molecular flexibility index (Phi) is 4.56. The highest BCUT2D eigenvalue weighted by molar-refractivity contribution is 6.30. The average Bonchev–Trinajstić information content (AvgIpc) is 2.40. The van der Waals surface area contributed by atoms with E-state index in [1.807, 2.05) is 0 Å². The third-order valence-corrected chi connectivity index (χ3v) is 3.46. The molecule has 3 heteroatoms. The normalized spacial score (nSPS) is 12.4. The first-order valence-corrected chi connectivity index (χ1v) is 6.68. The van der Waals surface area contributed by atoms with Crippen molar-refractivity contribution in [2.75, 3.05) is 0 Å². The van der Waals surface area contributed by atoms with Crippen LogP contribution < -0.4 is 5.32 Å². The fourth-order valence-electron chi connectivity index (χ4n) is 1.89. The largest absolute Gasteiger partial charge is 0.306 e. The summed E-state index contributed by atoms with van der Waals surface area (Å²) in [7, 11) is 0. The first-order chi connectivity index (χ1) is 9.06. The monoisotopic (exact) mass is 277 g/mol. The van der Waals surface area contributed by atoms with Crippen molar-refractivity contribution in [3.05, 3.63) is 70.0 Å². The van der Waals surface area contributed by atoms with Gasteiger partial charge in [-0.15, -0.1) is 0 Å². The number of nitrogens with one attached hydrogen (secondary N) is 1. The fourth-order valence-corrected chi connectivity index (χ4v) is 2.10. The summed E-state index contributed by atoms with van der Waals surface area (Å²) in [6, 6.07) is 13.5. The van der Waals surface area contributed by atoms with E-state index < -0.39 is 0 Å². The van der Waals surface area contributed by atoms with E-state index in [0.29, 0.717) is 6.54 Å². The summed E-state index contributed by atoms with van der Waals surface area (Å²) in [6.07, 6.45) is 0. The van der Waals surface area contributed by atoms with Gasteiger partial charge < -0.3 is 5.32 Å². The van der Waals surface area contributed by atoms with Gasteiger partial charge in [0.05, 0.1) is 5.02 Å². The van der Waals surface area contributed by atoms with Gasteiger partial charge in [-0.3, -0.25) is 0 Å². The minimum absolute atomic E-state index is 0.169. The van der Waals surface area contributed by atoms with Gasteiger partial charge in [0.2, 0.25) is 0 Å². The molecule has 2 aromatic rings. The zero-order valence-electron chi connectivity index (χ0n) is 11.1. The summed E-state index contributed by atoms with van der Waals surface area (Å²) in [4.78, 5) is 0. The van der Waals surface area contributed by atoms with E-state index in [1.165, 1.54) is 17.2 Å². The molecule has 1 atom stereocenters. The molecule has 0 aliphatic carbocycles. The van der Waals surface area contributed by atoms with Gasteiger partial charge in [0, 0.05) is 12.6 Å². The fraction of sp³-hybridized carbons (Fsp3) is 0.250. The molecule has 0 saturated heterocycles. The predicted octanol–water partition coefficient (Wildman–Crippen LogP) is 4.64. The van der Waals surface area contributed by atoms with Gasteiger partial charge in [-0.1, -0.05) is 47.5 Å². The Balaban J connectivity index is 1.98. The molecule has 0 radical (unpaired) electrons. The lowest BCUT2D eigenvalue weighted by atomic mass is 10.1. The second-order valence-corrected chi connectivity index (χ2v) is 5.17. The number of aryl methyl sites for hydroxylation is 1. The highest BCUT2D eigenvalue weighted by Crippen LogP contribution is 2.18. The van der Waals surface area contributed by atoms with Crippen molar-refractivity contribution >= 4 is 11.6 Å². The van der Waals surface area contributed by atoms with Gasteiger partial charge in [-0.05, 0) is 37.1 Å². The third kappa shape index (κ3) is 3.79. The van der Waals surface area contributed by atoms with Crippen LogP contribution in [0.15, 0.2) is 42.5 Å². The molecule has 0 aliphatic rings. The zero-order chi connectivity index (χ0) is 13.8. The Labute approximate surface area is 118 Å². The summed E-state index contributed by atoms with van der Waals surface area (Å²) < 4.78 is 13.0. The number of benzene rings is 2. The van der Waals surface area contributed by atoms with Crippen molar-refractivity contribution in [2.45, 2.75) is 26.4 Å². The van der Waals surface area contributed by atoms with E-state index >= 15 is 0 Å². The number of rotatable bonds is 4. The summed E-state index contributed by atoms with van der Waals surface area (Å²) in [6.45, 7) is 4.84. The van der Waals surface area contributed by atoms with Crippen molar-refractivity contribution in [3.8, 4) is 0 Å². The molecular formula is C16H17ClFN. The van der Waals surface area contributed by atoms with Crippen molar-refractivity contribution < 1.29 is 4.39 Å². The molecule has 0 spiro atoms. The van der Waals surface area contributed by atoms with Crippen molar-refractivity contribution in [3.63, 3.8) is 0 Å². The average molecular weight is 278 g/mol. The summed E-state index contributed by atoms with van der Waals surface area (Å²) in [5.74, 6) is -0.378. The molecule has 1 N–H and O–H groups in total. The van der Waals surface area contributed by atoms with Gasteiger partial charge in [-0.25, -0.2) is 4.39 Å². The zero-order valence-corrected chi connectivity index (χ0v) is 11.8. The van der Waals surface area contributed by atoms with Crippen LogP contribution in [-0.2, 0) is 6.54 Å². The molecule has 2 aromatic carbocycles. The maximum atomic E-state index is 13.0. The van der Waals surface area contributed by atoms with Crippen LogP contribution >= 0.6 is 11.6 Å². The molecule has 0 bridgehead atoms. The lowest BCUT2D eigenvalue weighted by molar-refractivity contribution is 0.573. The van der Waals surface area contributed by atoms with E-state index in [-0.39, 0.29) is 16.9 Å². The van der Waals surface area contributed by atoms with Gasteiger partial charge >= 0.3 is 0 Å². The molecule has 0 aromatic heterocycles. The number of halogens is 2. The van der Waals surface area contributed by atoms with Crippen LogP contribution in [0.3, 0.4) is 0 Å². The van der Waals surface area contributed by atoms with E-state index in [1.54, 1.807) is 12.1 Å². The van der Waals surface area contributed by atoms with Crippen LogP contribution in [0.2, 0.25) is 5.02 Å². The molecule has 0 saturated carbocycles. The molecule has 0 amide bonds. The minimum atomic E-state index is -0.378. The lowest BCUT2D eigenvalue weighted by Gasteiger charge is -2.14. The Bertz CT molecular complexity index is 551. The second-order valence-electron chi connectivity index (χ2n) is 4.76. The first kappa shape index (κ1) is 14.0. The van der Waals surface area contributed by atoms with Crippen LogP contribution in [0, 0.1) is 12.7 Å². The van der Waals surface area contributed by atoms with Crippen molar-refractivity contribution in [1.29, 1.82) is 0 Å². The van der Waals surface area contributed by atoms with E-state index in [9.17, 15) is 4.39 Å². The third-order valence-electron chi connectivity index (χ3n) is 3.17. The number of hydrogen-bond acceptors (Lipinski definition) is 1. The van der Waals surface area contributed by atoms with Crippen LogP contribution in [0.25, 0.3) is 0 Å². The second kappa shape index (κ2) is 6.18. The van der Waals surface area contributed by atoms with E-state index in [4.69, 9.17) is 11.6 Å². The molecule has 1 nitrogen and oxygen atoms in total. The van der Waals surface area contributed by atoms with E-state index in [2.05, 4.69) is 43.4 Å². The quantitative estimate of drug-likeness (QED) is 0.858. The highest BCUT2D eigenvalue weighted by atomic mass is 35.5. The van der Waals surface area contributed by atoms with Gasteiger partial charge in [0.1, 0.15) is 5.82 Å². The SMILES string of the molecule is Cc1ccc([C@H](C)NCc2ccc(F)c(Cl)c2)cc1. The molecule has 0 heterocycles. The Hall–Kier alpha value is -1.38. The van der Waals surface area contributed by atoms with Crippen LogP contribution in [0.5, 0.6) is 0 Å². The van der Waals surface area contributed by atoms with Gasteiger partial charge in [0.25, 0.3) is 0 Å². The predicted molar refractivity (Wildman–Crippen MR) is 77.8 cm³/mol. The first-order valence-electron chi connectivity index (χ1n) is 6.30. The molecule has 0 fully saturated rings. The maximum Gasteiger partial charge on any atom is 0.141 e. The highest BCUT2D eigenvalue weighted by Gasteiger charge is 2.06. The topological polar surface area (TPSA) is 12.0 Å². The molecule has 19 heavy (non-hydrogen) atoms. The molecule has 2 rings (SSSR count). The smallest absolute Gasteiger partial charge is 0.141 e. The number of hydrogen-bond donors (Lipinski definition) is 1. The van der Waals surface area contributed by atoms with Gasteiger partial charge in [0.15, 0.2) is 0 Å². The summed E-state index contributed by atoms with van der Waals surface area (Å²) in [5, 5.41) is 3.57. The van der Waals surface area contributed by atoms with Crippen LogP contribution in [0.1, 0.15) is 29.7 Å². The van der Waals surface area contributed by atoms with Crippen molar-refractivity contribution in [2.24, 2.45) is 0 Å². The molecule has 100 valence electrons. The molecular weight excluding hydrogens is 261 g/mol. The van der Waals surface area contributed by atoms with Gasteiger partial charge in [-0.2, -0.15) is 0 Å². The minimum Gasteiger partial charge on any atom is -0.306 e. The maximum absolute atomic E-state index is 13.0.